The van der Waals surface area contributed by atoms with Crippen molar-refractivity contribution in [2.75, 3.05) is 24.6 Å². The van der Waals surface area contributed by atoms with E-state index in [-0.39, 0.29) is 36.1 Å². The molecule has 0 spiro atoms. The van der Waals surface area contributed by atoms with Crippen molar-refractivity contribution >= 4 is 11.7 Å². The third-order valence-electron chi connectivity index (χ3n) is 6.81. The zero-order chi connectivity index (χ0) is 25.7. The summed E-state index contributed by atoms with van der Waals surface area (Å²) >= 11 is 0. The molecule has 36 heavy (non-hydrogen) atoms. The number of aromatic nitrogens is 2. The van der Waals surface area contributed by atoms with Gasteiger partial charge in [0.15, 0.2) is 11.5 Å². The highest BCUT2D eigenvalue weighted by Crippen LogP contribution is 2.35. The second kappa shape index (κ2) is 11.1. The van der Waals surface area contributed by atoms with Crippen LogP contribution in [0.1, 0.15) is 60.1 Å². The summed E-state index contributed by atoms with van der Waals surface area (Å²) < 4.78 is 45.3. The van der Waals surface area contributed by atoms with Crippen LogP contribution in [0.3, 0.4) is 0 Å². The minimum atomic E-state index is -4.63. The molecule has 8 nitrogen and oxygen atoms in total. The van der Waals surface area contributed by atoms with E-state index in [1.54, 1.807) is 18.2 Å². The van der Waals surface area contributed by atoms with Gasteiger partial charge in [0.05, 0.1) is 23.3 Å². The van der Waals surface area contributed by atoms with Crippen LogP contribution in [0.15, 0.2) is 30.3 Å². The molecule has 2 heterocycles. The van der Waals surface area contributed by atoms with Gasteiger partial charge in [-0.3, -0.25) is 4.79 Å². The molecular weight excluding hydrogens is 475 g/mol. The number of carbonyl (C=O) groups excluding carboxylic acids is 1. The first-order valence-electron chi connectivity index (χ1n) is 12.0. The minimum absolute atomic E-state index is 0.0739. The Hall–Kier alpha value is -3.39. The number of benzene rings is 1. The number of aliphatic hydroxyl groups is 1. The molecule has 1 aromatic carbocycles. The van der Waals surface area contributed by atoms with Crippen molar-refractivity contribution in [1.29, 1.82) is 5.26 Å². The van der Waals surface area contributed by atoms with E-state index in [4.69, 9.17) is 10.00 Å². The van der Waals surface area contributed by atoms with Crippen LogP contribution in [0.5, 0.6) is 5.75 Å². The van der Waals surface area contributed by atoms with Crippen LogP contribution in [0.2, 0.25) is 0 Å². The van der Waals surface area contributed by atoms with Gasteiger partial charge in [-0.1, -0.05) is 0 Å². The second-order valence-corrected chi connectivity index (χ2v) is 9.27. The quantitative estimate of drug-likeness (QED) is 0.618. The van der Waals surface area contributed by atoms with E-state index >= 15 is 0 Å². The maximum atomic E-state index is 13.2. The summed E-state index contributed by atoms with van der Waals surface area (Å²) in [5.74, 6) is 0.780. The van der Waals surface area contributed by atoms with Gasteiger partial charge in [0, 0.05) is 25.7 Å². The van der Waals surface area contributed by atoms with E-state index in [0.29, 0.717) is 37.4 Å². The molecule has 1 aromatic heterocycles. The molecule has 1 aliphatic carbocycles. The summed E-state index contributed by atoms with van der Waals surface area (Å²) in [6, 6.07) is 8.24. The number of nitrogens with zero attached hydrogens (tertiary/aromatic N) is 4. The van der Waals surface area contributed by atoms with Crippen LogP contribution in [0.4, 0.5) is 19.0 Å². The van der Waals surface area contributed by atoms with Crippen LogP contribution in [-0.2, 0) is 6.18 Å². The summed E-state index contributed by atoms with van der Waals surface area (Å²) in [6.07, 6.45) is -0.760. The molecule has 0 radical (unpaired) electrons. The molecule has 0 unspecified atom stereocenters. The SMILES string of the molecule is N#Cc1ccc(OC2CCC(NC(=O)c3ccc(N4CCC(CO)CC4)nn3)CC2)cc1C(F)(F)F. The van der Waals surface area contributed by atoms with Crippen molar-refractivity contribution in [1.82, 2.24) is 15.5 Å². The zero-order valence-corrected chi connectivity index (χ0v) is 19.7. The summed E-state index contributed by atoms with van der Waals surface area (Å²) in [7, 11) is 0. The van der Waals surface area contributed by atoms with Gasteiger partial charge in [-0.2, -0.15) is 18.4 Å². The maximum absolute atomic E-state index is 13.2. The van der Waals surface area contributed by atoms with E-state index in [9.17, 15) is 23.1 Å². The van der Waals surface area contributed by atoms with Crippen LogP contribution in [0, 0.1) is 17.2 Å². The van der Waals surface area contributed by atoms with E-state index in [1.807, 2.05) is 0 Å². The fraction of sp³-hybridized carbons (Fsp3) is 0.520. The predicted molar refractivity (Wildman–Crippen MR) is 124 cm³/mol. The van der Waals surface area contributed by atoms with Gasteiger partial charge in [-0.05, 0) is 74.8 Å². The summed E-state index contributed by atoms with van der Waals surface area (Å²) in [6.45, 7) is 1.77. The molecule has 1 saturated carbocycles. The Labute approximate surface area is 207 Å². The van der Waals surface area contributed by atoms with Gasteiger partial charge in [-0.25, -0.2) is 0 Å². The fourth-order valence-electron chi connectivity index (χ4n) is 4.67. The number of halogens is 3. The molecule has 1 saturated heterocycles. The van der Waals surface area contributed by atoms with Crippen molar-refractivity contribution < 1.29 is 27.8 Å². The number of alkyl halides is 3. The lowest BCUT2D eigenvalue weighted by Crippen LogP contribution is -2.40. The zero-order valence-electron chi connectivity index (χ0n) is 19.7. The molecule has 4 rings (SSSR count). The van der Waals surface area contributed by atoms with Crippen LogP contribution in [0.25, 0.3) is 0 Å². The summed E-state index contributed by atoms with van der Waals surface area (Å²) in [4.78, 5) is 14.7. The second-order valence-electron chi connectivity index (χ2n) is 9.27. The number of ether oxygens (including phenoxy) is 1. The highest BCUT2D eigenvalue weighted by Gasteiger charge is 2.34. The van der Waals surface area contributed by atoms with E-state index in [1.165, 1.54) is 6.07 Å². The fourth-order valence-corrected chi connectivity index (χ4v) is 4.67. The van der Waals surface area contributed by atoms with Gasteiger partial charge in [0.2, 0.25) is 0 Å². The molecule has 2 N–H and O–H groups in total. The number of hydrogen-bond acceptors (Lipinski definition) is 7. The van der Waals surface area contributed by atoms with Crippen LogP contribution >= 0.6 is 0 Å². The number of nitriles is 1. The molecule has 0 atom stereocenters. The molecule has 2 aromatic rings. The van der Waals surface area contributed by atoms with Gasteiger partial charge in [-0.15, -0.1) is 10.2 Å². The summed E-state index contributed by atoms with van der Waals surface area (Å²) in [5.41, 5.74) is -1.23. The van der Waals surface area contributed by atoms with E-state index in [2.05, 4.69) is 20.4 Å². The van der Waals surface area contributed by atoms with Crippen molar-refractivity contribution in [2.45, 2.75) is 56.8 Å². The highest BCUT2D eigenvalue weighted by atomic mass is 19.4. The lowest BCUT2D eigenvalue weighted by atomic mass is 9.92. The molecule has 1 amide bonds. The Morgan fingerprint density at radius 2 is 1.83 bits per heavy atom. The standard InChI is InChI=1S/C25H28F3N5O3/c26-25(27,28)21-13-20(4-1-17(21)14-29)36-19-5-2-18(3-6-19)30-24(35)22-7-8-23(32-31-22)33-11-9-16(15-34)10-12-33/h1,4,7-8,13,16,18-19,34H,2-3,5-6,9-12,15H2,(H,30,35). The molecule has 192 valence electrons. The number of rotatable bonds is 6. The highest BCUT2D eigenvalue weighted by molar-refractivity contribution is 5.92. The van der Waals surface area contributed by atoms with E-state index < -0.39 is 17.3 Å². The number of hydrogen-bond donors (Lipinski definition) is 2. The van der Waals surface area contributed by atoms with Crippen molar-refractivity contribution in [2.24, 2.45) is 5.92 Å². The Balaban J connectivity index is 1.26. The van der Waals surface area contributed by atoms with Gasteiger partial charge in [0.25, 0.3) is 5.91 Å². The lowest BCUT2D eigenvalue weighted by Gasteiger charge is -2.31. The van der Waals surface area contributed by atoms with Gasteiger partial charge in [0.1, 0.15) is 5.75 Å². The van der Waals surface area contributed by atoms with Crippen molar-refractivity contribution in [3.05, 3.63) is 47.2 Å². The van der Waals surface area contributed by atoms with Crippen LogP contribution in [-0.4, -0.2) is 53.1 Å². The number of nitrogens with one attached hydrogen (secondary N) is 1. The van der Waals surface area contributed by atoms with E-state index in [0.717, 1.165) is 38.1 Å². The molecular formula is C25H28F3N5O3. The lowest BCUT2D eigenvalue weighted by molar-refractivity contribution is -0.137. The molecule has 11 heteroatoms. The van der Waals surface area contributed by atoms with Gasteiger partial charge >= 0.3 is 6.18 Å². The largest absolute Gasteiger partial charge is 0.490 e. The Morgan fingerprint density at radius 3 is 2.42 bits per heavy atom. The Kier molecular flexibility index (Phi) is 7.94. The normalized spacial score (nSPS) is 21.0. The number of carbonyl (C=O) groups is 1. The van der Waals surface area contributed by atoms with Crippen molar-refractivity contribution in [3.8, 4) is 11.8 Å². The maximum Gasteiger partial charge on any atom is 0.417 e. The monoisotopic (exact) mass is 503 g/mol. The van der Waals surface area contributed by atoms with Gasteiger partial charge < -0.3 is 20.1 Å². The molecule has 0 bridgehead atoms. The Morgan fingerprint density at radius 1 is 1.11 bits per heavy atom. The topological polar surface area (TPSA) is 111 Å². The number of piperidine rings is 1. The van der Waals surface area contributed by atoms with Crippen molar-refractivity contribution in [3.63, 3.8) is 0 Å². The minimum Gasteiger partial charge on any atom is -0.490 e. The first kappa shape index (κ1) is 25.7. The molecule has 1 aliphatic heterocycles. The first-order valence-corrected chi connectivity index (χ1v) is 12.0. The third-order valence-corrected chi connectivity index (χ3v) is 6.81. The predicted octanol–water partition coefficient (Wildman–Crippen LogP) is 3.70. The number of anilines is 1. The molecule has 2 aliphatic rings. The third kappa shape index (κ3) is 6.23. The Bertz CT molecular complexity index is 1090. The summed E-state index contributed by atoms with van der Waals surface area (Å²) in [5, 5.41) is 29.4. The number of amides is 1. The average Bonchev–Trinajstić information content (AvgIpc) is 2.89. The molecule has 2 fully saturated rings. The smallest absolute Gasteiger partial charge is 0.417 e. The van der Waals surface area contributed by atoms with Crippen LogP contribution < -0.4 is 15.0 Å². The first-order chi connectivity index (χ1) is 17.3. The number of aliphatic hydroxyl groups excluding tert-OH is 1. The average molecular weight is 504 g/mol.